The van der Waals surface area contributed by atoms with E-state index in [1.807, 2.05) is 18.2 Å². The van der Waals surface area contributed by atoms with E-state index in [1.165, 1.54) is 24.1 Å². The van der Waals surface area contributed by atoms with Crippen molar-refractivity contribution >= 4 is 28.8 Å². The Hall–Kier alpha value is -3.93. The van der Waals surface area contributed by atoms with Crippen LogP contribution in [0.25, 0.3) is 0 Å². The number of aliphatic hydroxyl groups excluding tert-OH is 1. The van der Waals surface area contributed by atoms with E-state index in [-0.39, 0.29) is 22.5 Å². The van der Waals surface area contributed by atoms with E-state index >= 15 is 0 Å². The number of allylic oxidation sites excluding steroid dienone is 5. The molecular weight excluding hydrogens is 560 g/mol. The lowest BCUT2D eigenvalue weighted by Gasteiger charge is -2.29. The normalized spacial score (nSPS) is 19.9. The molecule has 0 saturated carbocycles. The molecule has 0 spiro atoms. The van der Waals surface area contributed by atoms with Crippen molar-refractivity contribution in [1.82, 2.24) is 0 Å². The topological polar surface area (TPSA) is 80.8 Å². The van der Waals surface area contributed by atoms with Crippen LogP contribution in [0.1, 0.15) is 114 Å². The Morgan fingerprint density at radius 1 is 0.867 bits per heavy atom. The number of carbonyl (C=O) groups excluding carboxylic acids is 1. The third-order valence-corrected chi connectivity index (χ3v) is 9.97. The van der Waals surface area contributed by atoms with Crippen LogP contribution in [0.5, 0.6) is 0 Å². The van der Waals surface area contributed by atoms with Crippen LogP contribution in [0.15, 0.2) is 77.2 Å². The molecule has 0 saturated heterocycles. The first-order valence-electron chi connectivity index (χ1n) is 16.8. The summed E-state index contributed by atoms with van der Waals surface area (Å²) >= 11 is 0. The van der Waals surface area contributed by atoms with Gasteiger partial charge >= 0.3 is 5.97 Å². The number of hydrogen-bond acceptors (Lipinski definition) is 4. The van der Waals surface area contributed by atoms with Crippen molar-refractivity contribution in [3.05, 3.63) is 93.9 Å². The molecule has 1 aliphatic carbocycles. The number of rotatable bonds is 13. The second-order valence-corrected chi connectivity index (χ2v) is 13.8. The molecular formula is C39H49N2O4+. The molecule has 2 aliphatic heterocycles. The maximum atomic E-state index is 13.8. The Labute approximate surface area is 268 Å². The first kappa shape index (κ1) is 32.5. The minimum absolute atomic E-state index is 0.0293. The molecule has 6 nitrogen and oxygen atoms in total. The number of aromatic carboxylic acids is 1. The predicted molar refractivity (Wildman–Crippen MR) is 182 cm³/mol. The minimum atomic E-state index is -0.960. The van der Waals surface area contributed by atoms with E-state index in [4.69, 9.17) is 0 Å². The number of carbonyl (C=O) groups is 2. The van der Waals surface area contributed by atoms with Gasteiger partial charge < -0.3 is 15.1 Å². The number of unbranched alkanes of at least 4 members (excludes halogenated alkanes) is 6. The maximum Gasteiger partial charge on any atom is 0.335 e. The predicted octanol–water partition coefficient (Wildman–Crippen LogP) is 8.92. The number of nitrogens with zero attached hydrogens (tertiary/aromatic N) is 2. The highest BCUT2D eigenvalue weighted by Crippen LogP contribution is 2.50. The summed E-state index contributed by atoms with van der Waals surface area (Å²) in [4.78, 5) is 27.8. The van der Waals surface area contributed by atoms with Gasteiger partial charge in [-0.2, -0.15) is 4.58 Å². The number of carboxylic acid groups (broad SMARTS) is 1. The molecule has 0 amide bonds. The average Bonchev–Trinajstić information content (AvgIpc) is 3.36. The monoisotopic (exact) mass is 609 g/mol. The largest absolute Gasteiger partial charge is 0.506 e. The lowest BCUT2D eigenvalue weighted by molar-refractivity contribution is -0.438. The SMILES string of the molecule is CCCCCCN1C(=CC2=C(O)C(=CC3=[N+](CCCCCC)c4ccccc4C3(C)C)C2=O)C(C)(C)c2cc(C(=O)O)ccc21. The van der Waals surface area contributed by atoms with Gasteiger partial charge in [-0.3, -0.25) is 4.79 Å². The fourth-order valence-electron chi connectivity index (χ4n) is 7.23. The summed E-state index contributed by atoms with van der Waals surface area (Å²) in [7, 11) is 0. The summed E-state index contributed by atoms with van der Waals surface area (Å²) < 4.78 is 2.34. The van der Waals surface area contributed by atoms with Gasteiger partial charge in [-0.15, -0.1) is 0 Å². The van der Waals surface area contributed by atoms with Crippen LogP contribution >= 0.6 is 0 Å². The van der Waals surface area contributed by atoms with Crippen molar-refractivity contribution in [2.45, 2.75) is 104 Å². The number of anilines is 1. The lowest BCUT2D eigenvalue weighted by atomic mass is 9.77. The van der Waals surface area contributed by atoms with Crippen LogP contribution in [0, 0.1) is 0 Å². The van der Waals surface area contributed by atoms with Gasteiger partial charge in [0.15, 0.2) is 5.71 Å². The van der Waals surface area contributed by atoms with Gasteiger partial charge in [0.25, 0.3) is 0 Å². The average molecular weight is 610 g/mol. The maximum absolute atomic E-state index is 13.8. The van der Waals surface area contributed by atoms with Crippen molar-refractivity contribution in [2.24, 2.45) is 0 Å². The van der Waals surface area contributed by atoms with Crippen LogP contribution in [0.4, 0.5) is 11.4 Å². The van der Waals surface area contributed by atoms with Crippen molar-refractivity contribution < 1.29 is 24.4 Å². The highest BCUT2D eigenvalue weighted by molar-refractivity contribution is 6.24. The molecule has 0 radical (unpaired) electrons. The molecule has 2 heterocycles. The zero-order valence-corrected chi connectivity index (χ0v) is 27.9. The molecule has 238 valence electrons. The minimum Gasteiger partial charge on any atom is -0.506 e. The molecule has 6 heteroatoms. The number of Topliss-reactive ketones (excluding diaryl/α,β-unsaturated/α-hetero) is 1. The molecule has 2 aromatic carbocycles. The van der Waals surface area contributed by atoms with Gasteiger partial charge in [-0.1, -0.05) is 78.0 Å². The summed E-state index contributed by atoms with van der Waals surface area (Å²) in [6, 6.07) is 13.7. The summed E-state index contributed by atoms with van der Waals surface area (Å²) in [5.74, 6) is -1.09. The Balaban J connectivity index is 1.54. The van der Waals surface area contributed by atoms with Crippen LogP contribution in [0.2, 0.25) is 0 Å². The number of ketones is 1. The van der Waals surface area contributed by atoms with Gasteiger partial charge in [-0.25, -0.2) is 4.79 Å². The number of fused-ring (bicyclic) bond motifs is 2. The zero-order valence-electron chi connectivity index (χ0n) is 27.9. The quantitative estimate of drug-likeness (QED) is 0.135. The standard InChI is InChI=1S/C39H48N2O4/c1-7-9-11-15-21-40-31-18-14-13-17-29(31)38(3,4)33(40)24-27-35(42)28(36(27)43)25-34-39(5,6)30-23-26(37(44)45)19-20-32(30)41(34)22-16-12-10-8-2/h13-14,17-20,23-25H,7-12,15-16,21-22H2,1-6H3,(H-,42,43,44,45)/p+1. The van der Waals surface area contributed by atoms with Crippen molar-refractivity contribution in [3.63, 3.8) is 0 Å². The van der Waals surface area contributed by atoms with Crippen molar-refractivity contribution in [1.29, 1.82) is 0 Å². The number of para-hydroxylation sites is 1. The van der Waals surface area contributed by atoms with E-state index in [1.54, 1.807) is 12.1 Å². The highest BCUT2D eigenvalue weighted by atomic mass is 16.4. The van der Waals surface area contributed by atoms with Crippen LogP contribution in [0.3, 0.4) is 0 Å². The van der Waals surface area contributed by atoms with E-state index < -0.39 is 11.4 Å². The number of hydrogen-bond donors (Lipinski definition) is 2. The Bertz CT molecular complexity index is 1640. The van der Waals surface area contributed by atoms with Crippen molar-refractivity contribution in [2.75, 3.05) is 18.0 Å². The first-order valence-corrected chi connectivity index (χ1v) is 16.8. The molecule has 5 rings (SSSR count). The first-order chi connectivity index (χ1) is 21.4. The number of benzene rings is 2. The van der Waals surface area contributed by atoms with E-state index in [9.17, 15) is 19.8 Å². The second-order valence-electron chi connectivity index (χ2n) is 13.8. The number of carboxylic acids is 1. The zero-order chi connectivity index (χ0) is 32.5. The Morgan fingerprint density at radius 2 is 1.56 bits per heavy atom. The van der Waals surface area contributed by atoms with Gasteiger partial charge in [0.1, 0.15) is 12.3 Å². The summed E-state index contributed by atoms with van der Waals surface area (Å²) in [6.07, 6.45) is 12.7. The van der Waals surface area contributed by atoms with Crippen LogP contribution < -0.4 is 4.90 Å². The fourth-order valence-corrected chi connectivity index (χ4v) is 7.23. The van der Waals surface area contributed by atoms with Crippen LogP contribution in [-0.4, -0.2) is 45.3 Å². The van der Waals surface area contributed by atoms with Crippen molar-refractivity contribution in [3.8, 4) is 0 Å². The summed E-state index contributed by atoms with van der Waals surface area (Å²) in [5, 5.41) is 21.1. The molecule has 0 bridgehead atoms. The Kier molecular flexibility index (Phi) is 9.25. The molecule has 0 unspecified atom stereocenters. The van der Waals surface area contributed by atoms with Gasteiger partial charge in [-0.05, 0) is 56.5 Å². The smallest absolute Gasteiger partial charge is 0.335 e. The molecule has 0 aromatic heterocycles. The third kappa shape index (κ3) is 5.80. The molecule has 2 aromatic rings. The molecule has 0 atom stereocenters. The molecule has 3 aliphatic rings. The molecule has 2 N–H and O–H groups in total. The third-order valence-electron chi connectivity index (χ3n) is 9.97. The second kappa shape index (κ2) is 12.8. The van der Waals surface area contributed by atoms with Gasteiger partial charge in [0.2, 0.25) is 11.5 Å². The van der Waals surface area contributed by atoms with E-state index in [0.29, 0.717) is 11.1 Å². The van der Waals surface area contributed by atoms with Gasteiger partial charge in [0.05, 0.1) is 22.1 Å². The summed E-state index contributed by atoms with van der Waals surface area (Å²) in [6.45, 7) is 14.5. The van der Waals surface area contributed by atoms with Crippen LogP contribution in [-0.2, 0) is 15.6 Å². The van der Waals surface area contributed by atoms with E-state index in [2.05, 4.69) is 75.3 Å². The number of aliphatic hydroxyl groups is 1. The summed E-state index contributed by atoms with van der Waals surface area (Å²) in [5.41, 5.74) is 6.30. The molecule has 0 fully saturated rings. The van der Waals surface area contributed by atoms with E-state index in [0.717, 1.165) is 74.3 Å². The highest BCUT2D eigenvalue weighted by Gasteiger charge is 2.47. The lowest BCUT2D eigenvalue weighted by Crippen LogP contribution is -2.32. The van der Waals surface area contributed by atoms with Gasteiger partial charge in [0, 0.05) is 47.5 Å². The molecule has 45 heavy (non-hydrogen) atoms. The fraction of sp³-hybridized carbons (Fsp3) is 0.462. The Morgan fingerprint density at radius 3 is 2.22 bits per heavy atom.